The zero-order valence-electron chi connectivity index (χ0n) is 12.4. The Morgan fingerprint density at radius 2 is 1.83 bits per heavy atom. The quantitative estimate of drug-likeness (QED) is 0.622. The van der Waals surface area contributed by atoms with E-state index in [1.807, 2.05) is 0 Å². The minimum atomic E-state index is -3.98. The lowest BCUT2D eigenvalue weighted by Gasteiger charge is -2.22. The molecule has 0 bridgehead atoms. The summed E-state index contributed by atoms with van der Waals surface area (Å²) in [5, 5.41) is 14.4. The van der Waals surface area contributed by atoms with Gasteiger partial charge in [0.15, 0.2) is 16.4 Å². The van der Waals surface area contributed by atoms with Crippen LogP contribution in [0.5, 0.6) is 11.5 Å². The Bertz CT molecular complexity index is 713. The van der Waals surface area contributed by atoms with Crippen LogP contribution in [0.3, 0.4) is 0 Å². The van der Waals surface area contributed by atoms with E-state index >= 15 is 0 Å². The van der Waals surface area contributed by atoms with Crippen LogP contribution in [0, 0.1) is 10.1 Å². The second-order valence-electron chi connectivity index (χ2n) is 5.23. The van der Waals surface area contributed by atoms with Crippen LogP contribution in [0.15, 0.2) is 17.0 Å². The van der Waals surface area contributed by atoms with Gasteiger partial charge in [-0.25, -0.2) is 8.42 Å². The van der Waals surface area contributed by atoms with Crippen molar-refractivity contribution in [1.82, 2.24) is 9.62 Å². The third-order valence-electron chi connectivity index (χ3n) is 3.74. The fraction of sp³-hybridized carbons (Fsp3) is 0.538. The van der Waals surface area contributed by atoms with E-state index in [-0.39, 0.29) is 36.2 Å². The number of fused-ring (bicyclic) bond motifs is 1. The van der Waals surface area contributed by atoms with Crippen LogP contribution >= 0.6 is 0 Å². The first-order chi connectivity index (χ1) is 11.0. The number of nitrogens with zero attached hydrogens (tertiary/aromatic N) is 2. The summed E-state index contributed by atoms with van der Waals surface area (Å²) in [7, 11) is -3.98. The number of hydrogen-bond donors (Lipinski definition) is 1. The molecule has 1 aromatic rings. The number of nitro groups is 1. The molecule has 1 saturated heterocycles. The second kappa shape index (κ2) is 6.30. The van der Waals surface area contributed by atoms with Crippen molar-refractivity contribution in [2.45, 2.75) is 11.3 Å². The van der Waals surface area contributed by atoms with Gasteiger partial charge in [0.25, 0.3) is 5.69 Å². The van der Waals surface area contributed by atoms with Crippen LogP contribution in [0.1, 0.15) is 6.42 Å². The van der Waals surface area contributed by atoms with E-state index in [1.165, 1.54) is 10.4 Å². The molecular weight excluding hydrogens is 326 g/mol. The van der Waals surface area contributed by atoms with E-state index < -0.39 is 20.6 Å². The van der Waals surface area contributed by atoms with Gasteiger partial charge in [-0.05, 0) is 13.0 Å². The molecule has 9 nitrogen and oxygen atoms in total. The average molecular weight is 343 g/mol. The van der Waals surface area contributed by atoms with E-state index in [9.17, 15) is 18.5 Å². The molecule has 1 N–H and O–H groups in total. The Kier molecular flexibility index (Phi) is 4.37. The second-order valence-corrected chi connectivity index (χ2v) is 7.13. The third kappa shape index (κ3) is 3.09. The summed E-state index contributed by atoms with van der Waals surface area (Å²) < 4.78 is 37.6. The number of nitrogens with one attached hydrogen (secondary N) is 1. The number of ether oxygens (including phenoxy) is 2. The average Bonchev–Trinajstić information content (AvgIpc) is 2.83. The van der Waals surface area contributed by atoms with Crippen molar-refractivity contribution < 1.29 is 22.8 Å². The highest BCUT2D eigenvalue weighted by Crippen LogP contribution is 2.39. The van der Waals surface area contributed by atoms with E-state index in [0.29, 0.717) is 19.5 Å². The van der Waals surface area contributed by atoms with Crippen LogP contribution in [-0.2, 0) is 10.0 Å². The number of nitro benzene ring substituents is 1. The maximum absolute atomic E-state index is 12.8. The fourth-order valence-electron chi connectivity index (χ4n) is 2.61. The van der Waals surface area contributed by atoms with Crippen LogP contribution in [0.2, 0.25) is 0 Å². The summed E-state index contributed by atoms with van der Waals surface area (Å²) in [5.41, 5.74) is -0.494. The van der Waals surface area contributed by atoms with Crippen molar-refractivity contribution in [2.24, 2.45) is 0 Å². The topological polar surface area (TPSA) is 111 Å². The van der Waals surface area contributed by atoms with Gasteiger partial charge >= 0.3 is 0 Å². The number of benzene rings is 1. The zero-order valence-corrected chi connectivity index (χ0v) is 13.2. The molecule has 1 aromatic carbocycles. The molecule has 0 saturated carbocycles. The molecule has 0 atom stereocenters. The zero-order chi connectivity index (χ0) is 16.4. The monoisotopic (exact) mass is 343 g/mol. The van der Waals surface area contributed by atoms with Gasteiger partial charge in [-0.15, -0.1) is 0 Å². The molecule has 0 aliphatic carbocycles. The minimum absolute atomic E-state index is 0.194. The van der Waals surface area contributed by atoms with E-state index in [2.05, 4.69) is 5.32 Å². The summed E-state index contributed by atoms with van der Waals surface area (Å²) >= 11 is 0. The Labute approximate surface area is 133 Å². The van der Waals surface area contributed by atoms with Crippen molar-refractivity contribution in [1.29, 1.82) is 0 Å². The number of rotatable bonds is 3. The Morgan fingerprint density at radius 1 is 1.13 bits per heavy atom. The van der Waals surface area contributed by atoms with Gasteiger partial charge in [-0.3, -0.25) is 10.1 Å². The maximum atomic E-state index is 12.8. The molecule has 0 aromatic heterocycles. The fourth-order valence-corrected chi connectivity index (χ4v) is 4.24. The van der Waals surface area contributed by atoms with E-state index in [1.54, 1.807) is 0 Å². The Balaban J connectivity index is 2.07. The normalized spacial score (nSPS) is 19.1. The van der Waals surface area contributed by atoms with Crippen molar-refractivity contribution in [3.8, 4) is 11.5 Å². The van der Waals surface area contributed by atoms with Gasteiger partial charge in [0.05, 0.1) is 11.0 Å². The van der Waals surface area contributed by atoms with Gasteiger partial charge in [0, 0.05) is 25.7 Å². The smallest absolute Gasteiger partial charge is 0.293 e. The summed E-state index contributed by atoms with van der Waals surface area (Å²) in [6, 6.07) is 2.32. The van der Waals surface area contributed by atoms with Crippen LogP contribution in [-0.4, -0.2) is 57.0 Å². The van der Waals surface area contributed by atoms with Gasteiger partial charge < -0.3 is 14.8 Å². The van der Waals surface area contributed by atoms with Crippen molar-refractivity contribution in [3.05, 3.63) is 22.2 Å². The summed E-state index contributed by atoms with van der Waals surface area (Å²) in [6.45, 7) is 2.37. The van der Waals surface area contributed by atoms with Crippen LogP contribution in [0.4, 0.5) is 5.69 Å². The van der Waals surface area contributed by atoms with Gasteiger partial charge in [-0.2, -0.15) is 4.31 Å². The van der Waals surface area contributed by atoms with Gasteiger partial charge in [-0.1, -0.05) is 0 Å². The Morgan fingerprint density at radius 3 is 2.52 bits per heavy atom. The lowest BCUT2D eigenvalue weighted by atomic mass is 10.2. The summed E-state index contributed by atoms with van der Waals surface area (Å²) in [6.07, 6.45) is 0.650. The lowest BCUT2D eigenvalue weighted by molar-refractivity contribution is -0.388. The predicted molar refractivity (Wildman–Crippen MR) is 80.3 cm³/mol. The Hall–Kier alpha value is -1.91. The first-order valence-corrected chi connectivity index (χ1v) is 8.73. The molecule has 0 spiro atoms. The molecule has 2 aliphatic rings. The van der Waals surface area contributed by atoms with Crippen molar-refractivity contribution >= 4 is 15.7 Å². The number of sulfonamides is 1. The molecule has 2 heterocycles. The first kappa shape index (κ1) is 16.0. The molecular formula is C13H17N3O6S. The van der Waals surface area contributed by atoms with Crippen LogP contribution in [0.25, 0.3) is 0 Å². The molecule has 1 fully saturated rings. The molecule has 10 heteroatoms. The lowest BCUT2D eigenvalue weighted by Crippen LogP contribution is -2.34. The molecule has 126 valence electrons. The molecule has 2 aliphatic heterocycles. The highest BCUT2D eigenvalue weighted by atomic mass is 32.2. The molecule has 0 amide bonds. The van der Waals surface area contributed by atoms with Crippen molar-refractivity contribution in [2.75, 3.05) is 39.4 Å². The molecule has 3 rings (SSSR count). The first-order valence-electron chi connectivity index (χ1n) is 7.29. The summed E-state index contributed by atoms with van der Waals surface area (Å²) in [5.74, 6) is 0.410. The molecule has 23 heavy (non-hydrogen) atoms. The standard InChI is InChI=1S/C13H17N3O6S/c17-16(18)10-8-11-12(22-7-6-21-11)9-13(10)23(19,20)15-4-1-2-14-3-5-15/h8-9,14H,1-7H2. The predicted octanol–water partition coefficient (Wildman–Crippen LogP) is 0.350. The third-order valence-corrected chi connectivity index (χ3v) is 5.67. The SMILES string of the molecule is O=[N+]([O-])c1cc2c(cc1S(=O)(=O)N1CCCNCC1)OCCO2. The van der Waals surface area contributed by atoms with Gasteiger partial charge in [0.1, 0.15) is 13.2 Å². The van der Waals surface area contributed by atoms with Crippen molar-refractivity contribution in [3.63, 3.8) is 0 Å². The maximum Gasteiger partial charge on any atom is 0.293 e. The number of hydrogen-bond acceptors (Lipinski definition) is 7. The van der Waals surface area contributed by atoms with Crippen LogP contribution < -0.4 is 14.8 Å². The van der Waals surface area contributed by atoms with Gasteiger partial charge in [0.2, 0.25) is 10.0 Å². The highest BCUT2D eigenvalue weighted by molar-refractivity contribution is 7.89. The van der Waals surface area contributed by atoms with E-state index in [0.717, 1.165) is 12.6 Å². The molecule has 0 radical (unpaired) electrons. The highest BCUT2D eigenvalue weighted by Gasteiger charge is 2.34. The molecule has 0 unspecified atom stereocenters. The largest absolute Gasteiger partial charge is 0.486 e. The van der Waals surface area contributed by atoms with E-state index in [4.69, 9.17) is 9.47 Å². The summed E-state index contributed by atoms with van der Waals surface area (Å²) in [4.78, 5) is 10.3. The minimum Gasteiger partial charge on any atom is -0.486 e.